The highest BCUT2D eigenvalue weighted by Crippen LogP contribution is 2.49. The van der Waals surface area contributed by atoms with E-state index in [0.29, 0.717) is 5.92 Å². The molecule has 1 saturated heterocycles. The number of carboxylic acid groups (broad SMARTS) is 1. The molecule has 4 rings (SSSR count). The molecule has 5 heteroatoms. The molecule has 1 aliphatic carbocycles. The van der Waals surface area contributed by atoms with Crippen molar-refractivity contribution in [3.05, 3.63) is 48.0 Å². The molecule has 2 aromatic carbocycles. The Kier molecular flexibility index (Phi) is 5.36. The summed E-state index contributed by atoms with van der Waals surface area (Å²) in [6.45, 7) is 4.29. The van der Waals surface area contributed by atoms with Gasteiger partial charge < -0.3 is 10.0 Å². The van der Waals surface area contributed by atoms with Crippen LogP contribution >= 0.6 is 0 Å². The van der Waals surface area contributed by atoms with Crippen molar-refractivity contribution in [2.75, 3.05) is 26.2 Å². The van der Waals surface area contributed by atoms with Gasteiger partial charge in [0, 0.05) is 25.0 Å². The summed E-state index contributed by atoms with van der Waals surface area (Å²) < 4.78 is 0. The molecule has 0 radical (unpaired) electrons. The minimum atomic E-state index is -0.781. The fraction of sp³-hybridized carbons (Fsp3) is 0.478. The lowest BCUT2D eigenvalue weighted by Crippen LogP contribution is -2.48. The molecule has 1 heterocycles. The van der Waals surface area contributed by atoms with Gasteiger partial charge in [-0.15, -0.1) is 0 Å². The number of carboxylic acids is 1. The Labute approximate surface area is 165 Å². The van der Waals surface area contributed by atoms with Crippen LogP contribution in [0.1, 0.15) is 37.7 Å². The average molecular weight is 380 g/mol. The van der Waals surface area contributed by atoms with E-state index < -0.39 is 5.97 Å². The normalized spacial score (nSPS) is 22.6. The molecule has 28 heavy (non-hydrogen) atoms. The van der Waals surface area contributed by atoms with Crippen LogP contribution in [0.4, 0.5) is 0 Å². The van der Waals surface area contributed by atoms with E-state index in [2.05, 4.69) is 36.4 Å². The summed E-state index contributed by atoms with van der Waals surface area (Å²) in [6, 6.07) is 15.1. The molecule has 2 fully saturated rings. The number of hydrogen-bond donors (Lipinski definition) is 1. The van der Waals surface area contributed by atoms with Crippen molar-refractivity contribution in [3.63, 3.8) is 0 Å². The molecule has 1 aliphatic heterocycles. The minimum absolute atomic E-state index is 0.0851. The number of hydrogen-bond acceptors (Lipinski definition) is 3. The fourth-order valence-corrected chi connectivity index (χ4v) is 4.63. The fourth-order valence-electron chi connectivity index (χ4n) is 4.63. The lowest BCUT2D eigenvalue weighted by atomic mass is 10.0. The second-order valence-corrected chi connectivity index (χ2v) is 8.07. The number of fused-ring (bicyclic) bond motifs is 1. The number of amides is 1. The van der Waals surface area contributed by atoms with Crippen LogP contribution in [0.5, 0.6) is 0 Å². The van der Waals surface area contributed by atoms with Crippen molar-refractivity contribution in [1.82, 2.24) is 9.80 Å². The summed E-state index contributed by atoms with van der Waals surface area (Å²) in [6.07, 6.45) is 2.66. The van der Waals surface area contributed by atoms with Gasteiger partial charge in [-0.1, -0.05) is 49.4 Å². The number of piperidine rings is 1. The maximum atomic E-state index is 12.9. The molecule has 148 valence electrons. The highest BCUT2D eigenvalue weighted by molar-refractivity contribution is 5.86. The number of aliphatic carboxylic acids is 1. The van der Waals surface area contributed by atoms with Crippen LogP contribution in [0.2, 0.25) is 0 Å². The predicted molar refractivity (Wildman–Crippen MR) is 109 cm³/mol. The second-order valence-electron chi connectivity index (χ2n) is 8.07. The number of likely N-dealkylation sites (N-methyl/N-ethyl adjacent to an activating group) is 1. The lowest BCUT2D eigenvalue weighted by molar-refractivity contribution is -0.140. The zero-order valence-corrected chi connectivity index (χ0v) is 16.4. The number of likely N-dealkylation sites (tertiary alicyclic amines) is 1. The van der Waals surface area contributed by atoms with Crippen LogP contribution in [0.3, 0.4) is 0 Å². The molecule has 2 aromatic rings. The van der Waals surface area contributed by atoms with E-state index in [9.17, 15) is 9.59 Å². The van der Waals surface area contributed by atoms with E-state index >= 15 is 0 Å². The Balaban J connectivity index is 1.34. The highest BCUT2D eigenvalue weighted by Gasteiger charge is 2.46. The van der Waals surface area contributed by atoms with Crippen molar-refractivity contribution in [1.29, 1.82) is 0 Å². The molecule has 2 aliphatic rings. The summed E-state index contributed by atoms with van der Waals surface area (Å²) in [5, 5.41) is 11.5. The quantitative estimate of drug-likeness (QED) is 0.835. The largest absolute Gasteiger partial charge is 0.480 e. The molecule has 1 saturated carbocycles. The molecule has 0 spiro atoms. The summed E-state index contributed by atoms with van der Waals surface area (Å²) in [5.74, 6) is -0.0533. The minimum Gasteiger partial charge on any atom is -0.480 e. The maximum Gasteiger partial charge on any atom is 0.317 e. The van der Waals surface area contributed by atoms with Crippen molar-refractivity contribution in [2.45, 2.75) is 38.1 Å². The third kappa shape index (κ3) is 3.90. The van der Waals surface area contributed by atoms with Crippen molar-refractivity contribution in [3.8, 4) is 0 Å². The zero-order chi connectivity index (χ0) is 19.7. The standard InChI is InChI=1S/C23H28N2O3/c1-2-24(15-22(26)27)19-9-11-25(12-10-19)23(28)21-14-20(21)18-8-7-16-5-3-4-6-17(16)13-18/h3-8,13,19-21H,2,9-12,14-15H2,1H3,(H,26,27). The zero-order valence-electron chi connectivity index (χ0n) is 16.4. The van der Waals surface area contributed by atoms with Gasteiger partial charge in [-0.2, -0.15) is 0 Å². The second kappa shape index (κ2) is 7.92. The van der Waals surface area contributed by atoms with Gasteiger partial charge in [0.2, 0.25) is 5.91 Å². The van der Waals surface area contributed by atoms with Crippen LogP contribution in [-0.4, -0.2) is 59.0 Å². The Morgan fingerprint density at radius 2 is 1.82 bits per heavy atom. The van der Waals surface area contributed by atoms with Gasteiger partial charge in [0.15, 0.2) is 0 Å². The van der Waals surface area contributed by atoms with Gasteiger partial charge in [-0.3, -0.25) is 14.5 Å². The van der Waals surface area contributed by atoms with Crippen LogP contribution in [0, 0.1) is 5.92 Å². The van der Waals surface area contributed by atoms with Crippen LogP contribution in [0.15, 0.2) is 42.5 Å². The van der Waals surface area contributed by atoms with E-state index in [0.717, 1.165) is 38.9 Å². The molecule has 2 atom stereocenters. The van der Waals surface area contributed by atoms with Gasteiger partial charge in [-0.05, 0) is 48.1 Å². The van der Waals surface area contributed by atoms with Gasteiger partial charge in [-0.25, -0.2) is 0 Å². The van der Waals surface area contributed by atoms with E-state index in [-0.39, 0.29) is 24.4 Å². The first-order valence-corrected chi connectivity index (χ1v) is 10.3. The third-order valence-corrected chi connectivity index (χ3v) is 6.35. The smallest absolute Gasteiger partial charge is 0.317 e. The van der Waals surface area contributed by atoms with Gasteiger partial charge in [0.1, 0.15) is 0 Å². The number of nitrogens with zero attached hydrogens (tertiary/aromatic N) is 2. The number of carbonyl (C=O) groups is 2. The van der Waals surface area contributed by atoms with Gasteiger partial charge in [0.05, 0.1) is 6.54 Å². The van der Waals surface area contributed by atoms with E-state index in [1.54, 1.807) is 0 Å². The predicted octanol–water partition coefficient (Wildman–Crippen LogP) is 3.34. The van der Waals surface area contributed by atoms with Crippen LogP contribution in [0.25, 0.3) is 10.8 Å². The lowest BCUT2D eigenvalue weighted by Gasteiger charge is -2.37. The first-order valence-electron chi connectivity index (χ1n) is 10.3. The monoisotopic (exact) mass is 380 g/mol. The summed E-state index contributed by atoms with van der Waals surface area (Å²) in [5.41, 5.74) is 1.27. The third-order valence-electron chi connectivity index (χ3n) is 6.35. The van der Waals surface area contributed by atoms with E-state index in [1.807, 2.05) is 22.8 Å². The SMILES string of the molecule is CCN(CC(=O)O)C1CCN(C(=O)C2CC2c2ccc3ccccc3c2)CC1. The Hall–Kier alpha value is -2.40. The highest BCUT2D eigenvalue weighted by atomic mass is 16.4. The maximum absolute atomic E-state index is 12.9. The molecule has 5 nitrogen and oxygen atoms in total. The van der Waals surface area contributed by atoms with Crippen molar-refractivity contribution in [2.24, 2.45) is 5.92 Å². The topological polar surface area (TPSA) is 60.9 Å². The van der Waals surface area contributed by atoms with E-state index in [1.165, 1.54) is 16.3 Å². The molecule has 0 bridgehead atoms. The van der Waals surface area contributed by atoms with E-state index in [4.69, 9.17) is 5.11 Å². The Morgan fingerprint density at radius 3 is 2.50 bits per heavy atom. The van der Waals surface area contributed by atoms with Crippen molar-refractivity contribution < 1.29 is 14.7 Å². The Bertz CT molecular complexity index is 873. The van der Waals surface area contributed by atoms with Gasteiger partial charge in [0.25, 0.3) is 0 Å². The average Bonchev–Trinajstić information content (AvgIpc) is 3.52. The molecule has 0 aromatic heterocycles. The number of benzene rings is 2. The molecule has 1 N–H and O–H groups in total. The number of rotatable bonds is 6. The van der Waals surface area contributed by atoms with Gasteiger partial charge >= 0.3 is 5.97 Å². The summed E-state index contributed by atoms with van der Waals surface area (Å²) in [7, 11) is 0. The summed E-state index contributed by atoms with van der Waals surface area (Å²) in [4.78, 5) is 28.0. The summed E-state index contributed by atoms with van der Waals surface area (Å²) >= 11 is 0. The molecule has 2 unspecified atom stereocenters. The first-order chi connectivity index (χ1) is 13.6. The van der Waals surface area contributed by atoms with Crippen molar-refractivity contribution >= 4 is 22.6 Å². The van der Waals surface area contributed by atoms with Crippen LogP contribution in [-0.2, 0) is 9.59 Å². The Morgan fingerprint density at radius 1 is 1.11 bits per heavy atom. The number of carbonyl (C=O) groups excluding carboxylic acids is 1. The first kappa shape index (κ1) is 18.9. The molecular formula is C23H28N2O3. The van der Waals surface area contributed by atoms with Crippen LogP contribution < -0.4 is 0 Å². The molecule has 1 amide bonds. The molecular weight excluding hydrogens is 352 g/mol.